The molecule has 0 saturated carbocycles. The highest BCUT2D eigenvalue weighted by atomic mass is 16.2. The lowest BCUT2D eigenvalue weighted by atomic mass is 9.78. The minimum atomic E-state index is -0.244. The van der Waals surface area contributed by atoms with Gasteiger partial charge in [0, 0.05) is 24.2 Å². The van der Waals surface area contributed by atoms with Crippen LogP contribution < -0.4 is 11.0 Å². The second-order valence-corrected chi connectivity index (χ2v) is 7.42. The second kappa shape index (κ2) is 6.74. The predicted molar refractivity (Wildman–Crippen MR) is 112 cm³/mol. The fourth-order valence-corrected chi connectivity index (χ4v) is 4.24. The number of benzene rings is 2. The maximum Gasteiger partial charge on any atom is 0.332 e. The highest BCUT2D eigenvalue weighted by molar-refractivity contribution is 5.97. The molecule has 1 amide bonds. The topological polar surface area (TPSA) is 79.8 Å². The molecule has 1 unspecified atom stereocenters. The van der Waals surface area contributed by atoms with Gasteiger partial charge in [0.05, 0.1) is 11.2 Å². The molecule has 4 aromatic rings. The Bertz CT molecular complexity index is 1270. The van der Waals surface area contributed by atoms with Gasteiger partial charge in [-0.05, 0) is 47.4 Å². The van der Waals surface area contributed by atoms with E-state index in [9.17, 15) is 9.59 Å². The third-order valence-corrected chi connectivity index (χ3v) is 5.80. The molecule has 1 aliphatic rings. The average molecular weight is 384 g/mol. The summed E-state index contributed by atoms with van der Waals surface area (Å²) in [7, 11) is 0. The first kappa shape index (κ1) is 17.4. The van der Waals surface area contributed by atoms with Crippen LogP contribution in [0.2, 0.25) is 0 Å². The van der Waals surface area contributed by atoms with Crippen molar-refractivity contribution in [3.63, 3.8) is 0 Å². The number of nitrogens with one attached hydrogen (secondary N) is 2. The number of pyridine rings is 1. The van der Waals surface area contributed by atoms with Crippen molar-refractivity contribution in [1.82, 2.24) is 19.9 Å². The summed E-state index contributed by atoms with van der Waals surface area (Å²) in [5, 5.41) is 3.01. The SMILES string of the molecule is CC(c1ccccc1)[C@H]1CNC(=O)c2ccc(-n3c(=O)[nH]c4ncccc43)cc21. The fourth-order valence-electron chi connectivity index (χ4n) is 4.24. The first-order valence-corrected chi connectivity index (χ1v) is 9.66. The number of carbonyl (C=O) groups excluding carboxylic acids is 1. The Labute approximate surface area is 167 Å². The van der Waals surface area contributed by atoms with E-state index >= 15 is 0 Å². The largest absolute Gasteiger partial charge is 0.351 e. The highest BCUT2D eigenvalue weighted by Gasteiger charge is 2.30. The molecule has 0 aliphatic carbocycles. The van der Waals surface area contributed by atoms with Crippen LogP contribution >= 0.6 is 0 Å². The Morgan fingerprint density at radius 2 is 1.90 bits per heavy atom. The van der Waals surface area contributed by atoms with Gasteiger partial charge in [-0.15, -0.1) is 0 Å². The van der Waals surface area contributed by atoms with Gasteiger partial charge < -0.3 is 5.32 Å². The van der Waals surface area contributed by atoms with Crippen molar-refractivity contribution in [2.24, 2.45) is 0 Å². The zero-order chi connectivity index (χ0) is 20.0. The van der Waals surface area contributed by atoms with E-state index in [4.69, 9.17) is 0 Å². The summed E-state index contributed by atoms with van der Waals surface area (Å²) in [5.41, 5.74) is 4.59. The molecule has 2 aromatic heterocycles. The number of nitrogens with zero attached hydrogens (tertiary/aromatic N) is 2. The molecular formula is C23H20N4O2. The Morgan fingerprint density at radius 1 is 1.07 bits per heavy atom. The smallest absolute Gasteiger partial charge is 0.332 e. The average Bonchev–Trinajstić information content (AvgIpc) is 3.09. The Hall–Kier alpha value is -3.67. The molecule has 3 heterocycles. The number of imidazole rings is 1. The van der Waals surface area contributed by atoms with Crippen LogP contribution in [0, 0.1) is 0 Å². The number of amides is 1. The third kappa shape index (κ3) is 2.84. The molecule has 0 radical (unpaired) electrons. The number of aromatic nitrogens is 3. The normalized spacial score (nSPS) is 17.0. The number of carbonyl (C=O) groups is 1. The minimum absolute atomic E-state index is 0.0731. The molecule has 0 bridgehead atoms. The molecular weight excluding hydrogens is 364 g/mol. The van der Waals surface area contributed by atoms with Crippen LogP contribution in [0.1, 0.15) is 40.2 Å². The molecule has 1 aliphatic heterocycles. The lowest BCUT2D eigenvalue weighted by molar-refractivity contribution is 0.0938. The number of H-pyrrole nitrogens is 1. The van der Waals surface area contributed by atoms with Crippen LogP contribution in [0.5, 0.6) is 0 Å². The van der Waals surface area contributed by atoms with E-state index in [1.165, 1.54) is 5.56 Å². The van der Waals surface area contributed by atoms with E-state index in [0.29, 0.717) is 23.3 Å². The van der Waals surface area contributed by atoms with Gasteiger partial charge >= 0.3 is 5.69 Å². The van der Waals surface area contributed by atoms with Gasteiger partial charge in [0.2, 0.25) is 0 Å². The quantitative estimate of drug-likeness (QED) is 0.569. The van der Waals surface area contributed by atoms with Crippen molar-refractivity contribution in [1.29, 1.82) is 0 Å². The molecule has 29 heavy (non-hydrogen) atoms. The van der Waals surface area contributed by atoms with Gasteiger partial charge in [-0.2, -0.15) is 0 Å². The lowest BCUT2D eigenvalue weighted by Crippen LogP contribution is -2.37. The molecule has 2 aromatic carbocycles. The predicted octanol–water partition coefficient (Wildman–Crippen LogP) is 3.34. The fraction of sp³-hybridized carbons (Fsp3) is 0.174. The van der Waals surface area contributed by atoms with Gasteiger partial charge in [-0.1, -0.05) is 37.3 Å². The van der Waals surface area contributed by atoms with Gasteiger partial charge in [-0.25, -0.2) is 9.78 Å². The molecule has 2 N–H and O–H groups in total. The molecule has 6 nitrogen and oxygen atoms in total. The summed E-state index contributed by atoms with van der Waals surface area (Å²) >= 11 is 0. The summed E-state index contributed by atoms with van der Waals surface area (Å²) in [6, 6.07) is 19.5. The maximum absolute atomic E-state index is 12.6. The zero-order valence-electron chi connectivity index (χ0n) is 15.9. The van der Waals surface area contributed by atoms with Crippen LogP contribution in [-0.4, -0.2) is 27.0 Å². The van der Waals surface area contributed by atoms with Crippen molar-refractivity contribution in [2.45, 2.75) is 18.8 Å². The van der Waals surface area contributed by atoms with Crippen molar-refractivity contribution in [2.75, 3.05) is 6.54 Å². The molecule has 5 rings (SSSR count). The van der Waals surface area contributed by atoms with Crippen molar-refractivity contribution in [3.8, 4) is 5.69 Å². The van der Waals surface area contributed by atoms with E-state index in [1.807, 2.05) is 42.5 Å². The van der Waals surface area contributed by atoms with Gasteiger partial charge in [0.1, 0.15) is 0 Å². The second-order valence-electron chi connectivity index (χ2n) is 7.42. The molecule has 2 atom stereocenters. The zero-order valence-corrected chi connectivity index (χ0v) is 15.9. The first-order valence-electron chi connectivity index (χ1n) is 9.66. The Balaban J connectivity index is 1.66. The van der Waals surface area contributed by atoms with Crippen LogP contribution in [0.15, 0.2) is 71.7 Å². The molecule has 6 heteroatoms. The summed E-state index contributed by atoms with van der Waals surface area (Å²) in [6.45, 7) is 2.74. The van der Waals surface area contributed by atoms with Gasteiger partial charge in [0.25, 0.3) is 5.91 Å². The van der Waals surface area contributed by atoms with Crippen molar-refractivity contribution < 1.29 is 4.79 Å². The number of aromatic amines is 1. The number of hydrogen-bond acceptors (Lipinski definition) is 3. The summed E-state index contributed by atoms with van der Waals surface area (Å²) in [4.78, 5) is 32.1. The summed E-state index contributed by atoms with van der Waals surface area (Å²) in [5.74, 6) is 0.257. The maximum atomic E-state index is 12.6. The molecule has 144 valence electrons. The van der Waals surface area contributed by atoms with E-state index < -0.39 is 0 Å². The monoisotopic (exact) mass is 384 g/mol. The summed E-state index contributed by atoms with van der Waals surface area (Å²) < 4.78 is 1.61. The van der Waals surface area contributed by atoms with Crippen LogP contribution in [0.3, 0.4) is 0 Å². The third-order valence-electron chi connectivity index (χ3n) is 5.80. The van der Waals surface area contributed by atoms with Crippen molar-refractivity contribution >= 4 is 17.1 Å². The van der Waals surface area contributed by atoms with E-state index in [1.54, 1.807) is 16.8 Å². The van der Waals surface area contributed by atoms with E-state index in [2.05, 4.69) is 34.3 Å². The molecule has 0 spiro atoms. The molecule has 0 fully saturated rings. The first-order chi connectivity index (χ1) is 14.1. The highest BCUT2D eigenvalue weighted by Crippen LogP contribution is 2.37. The lowest BCUT2D eigenvalue weighted by Gasteiger charge is -2.31. The Morgan fingerprint density at radius 3 is 2.72 bits per heavy atom. The summed E-state index contributed by atoms with van der Waals surface area (Å²) in [6.07, 6.45) is 1.65. The number of rotatable bonds is 3. The van der Waals surface area contributed by atoms with Gasteiger partial charge in [-0.3, -0.25) is 14.3 Å². The standard InChI is InChI=1S/C23H20N4O2/c1-14(15-6-3-2-4-7-15)19-13-25-22(28)17-10-9-16(12-18(17)19)27-20-8-5-11-24-21(20)26-23(27)29/h2-12,14,19H,13H2,1H3,(H,25,28)(H,24,26,29)/t14?,19-/m1/s1. The van der Waals surface area contributed by atoms with Crippen molar-refractivity contribution in [3.05, 3.63) is 94.0 Å². The van der Waals surface area contributed by atoms with E-state index in [-0.39, 0.29) is 23.4 Å². The molecule has 0 saturated heterocycles. The Kier molecular flexibility index (Phi) is 4.05. The van der Waals surface area contributed by atoms with Gasteiger partial charge in [0.15, 0.2) is 5.65 Å². The van der Waals surface area contributed by atoms with Crippen LogP contribution in [0.4, 0.5) is 0 Å². The minimum Gasteiger partial charge on any atom is -0.351 e. The van der Waals surface area contributed by atoms with Crippen LogP contribution in [0.25, 0.3) is 16.9 Å². The van der Waals surface area contributed by atoms with E-state index in [0.717, 1.165) is 11.3 Å². The number of fused-ring (bicyclic) bond motifs is 2. The number of hydrogen-bond donors (Lipinski definition) is 2. The van der Waals surface area contributed by atoms with Crippen LogP contribution in [-0.2, 0) is 0 Å².